The average molecular weight is 398 g/mol. The van der Waals surface area contributed by atoms with Crippen molar-refractivity contribution in [2.24, 2.45) is 11.3 Å². The fourth-order valence-electron chi connectivity index (χ4n) is 6.02. The van der Waals surface area contributed by atoms with E-state index in [-0.39, 0.29) is 17.2 Å². The number of piperazine rings is 1. The number of fused-ring (bicyclic) bond motifs is 1. The number of likely N-dealkylation sites (tertiary alicyclic amines) is 1. The third kappa shape index (κ3) is 3.77. The van der Waals surface area contributed by atoms with Crippen molar-refractivity contribution >= 4 is 17.8 Å². The molecular weight excluding hydrogens is 366 g/mol. The molecule has 7 nitrogen and oxygen atoms in total. The fraction of sp³-hybridized carbons (Fsp3) is 0.727. The minimum Gasteiger partial charge on any atom is -0.338 e. The molecule has 4 heterocycles. The predicted molar refractivity (Wildman–Crippen MR) is 109 cm³/mol. The van der Waals surface area contributed by atoms with Gasteiger partial charge in [-0.15, -0.1) is 0 Å². The van der Waals surface area contributed by atoms with Crippen molar-refractivity contribution < 1.29 is 9.59 Å². The first kappa shape index (κ1) is 19.0. The van der Waals surface area contributed by atoms with Gasteiger partial charge in [0.25, 0.3) is 0 Å². The maximum atomic E-state index is 12.8. The second-order valence-electron chi connectivity index (χ2n) is 9.55. The van der Waals surface area contributed by atoms with E-state index in [4.69, 9.17) is 0 Å². The second-order valence-corrected chi connectivity index (χ2v) is 9.55. The maximum Gasteiger partial charge on any atom is 0.229 e. The number of carbonyl (C=O) groups excluding carboxylic acids is 2. The predicted octanol–water partition coefficient (Wildman–Crippen LogP) is 2.09. The lowest BCUT2D eigenvalue weighted by Gasteiger charge is -2.47. The topological polar surface area (TPSA) is 69.6 Å². The number of nitrogens with zero attached hydrogens (tertiary/aromatic N) is 5. The molecule has 0 N–H and O–H groups in total. The van der Waals surface area contributed by atoms with E-state index in [1.165, 1.54) is 12.8 Å². The van der Waals surface area contributed by atoms with Crippen molar-refractivity contribution in [3.63, 3.8) is 0 Å². The maximum absolute atomic E-state index is 12.8. The van der Waals surface area contributed by atoms with Gasteiger partial charge in [-0.1, -0.05) is 12.8 Å². The lowest BCUT2D eigenvalue weighted by molar-refractivity contribution is -0.154. The van der Waals surface area contributed by atoms with E-state index < -0.39 is 0 Å². The highest BCUT2D eigenvalue weighted by Crippen LogP contribution is 2.47. The van der Waals surface area contributed by atoms with Crippen LogP contribution >= 0.6 is 0 Å². The molecule has 2 amide bonds. The van der Waals surface area contributed by atoms with Crippen LogP contribution in [-0.4, -0.2) is 70.3 Å². The molecule has 29 heavy (non-hydrogen) atoms. The Morgan fingerprint density at radius 3 is 2.41 bits per heavy atom. The van der Waals surface area contributed by atoms with Crippen molar-refractivity contribution in [1.29, 1.82) is 0 Å². The highest BCUT2D eigenvalue weighted by Gasteiger charge is 2.46. The van der Waals surface area contributed by atoms with Gasteiger partial charge in [-0.25, -0.2) is 9.97 Å². The summed E-state index contributed by atoms with van der Waals surface area (Å²) in [6, 6.07) is 2.36. The zero-order valence-electron chi connectivity index (χ0n) is 17.1. The third-order valence-corrected chi connectivity index (χ3v) is 7.60. The summed E-state index contributed by atoms with van der Waals surface area (Å²) >= 11 is 0. The van der Waals surface area contributed by atoms with Crippen LogP contribution in [0.3, 0.4) is 0 Å². The van der Waals surface area contributed by atoms with E-state index in [0.29, 0.717) is 31.3 Å². The Hall–Kier alpha value is -2.02. The molecule has 4 aliphatic rings. The number of aromatic nitrogens is 2. The van der Waals surface area contributed by atoms with Crippen LogP contribution in [0.5, 0.6) is 0 Å². The third-order valence-electron chi connectivity index (χ3n) is 7.60. The number of hydrogen-bond acceptors (Lipinski definition) is 6. The van der Waals surface area contributed by atoms with E-state index in [9.17, 15) is 9.59 Å². The van der Waals surface area contributed by atoms with Crippen LogP contribution in [0.15, 0.2) is 18.5 Å². The van der Waals surface area contributed by atoms with Gasteiger partial charge >= 0.3 is 0 Å². The van der Waals surface area contributed by atoms with Gasteiger partial charge in [-0.3, -0.25) is 19.4 Å². The van der Waals surface area contributed by atoms with E-state index in [0.717, 1.165) is 57.8 Å². The first-order valence-electron chi connectivity index (χ1n) is 11.2. The summed E-state index contributed by atoms with van der Waals surface area (Å²) in [6.07, 6.45) is 11.4. The van der Waals surface area contributed by atoms with E-state index in [1.54, 1.807) is 17.3 Å². The quantitative estimate of drug-likeness (QED) is 0.728. The van der Waals surface area contributed by atoms with Crippen molar-refractivity contribution in [2.75, 3.05) is 37.6 Å². The average Bonchev–Trinajstić information content (AvgIpc) is 3.18. The summed E-state index contributed by atoms with van der Waals surface area (Å²) < 4.78 is 0. The number of carbonyl (C=O) groups is 2. The number of piperidine rings is 2. The van der Waals surface area contributed by atoms with Crippen molar-refractivity contribution in [3.8, 4) is 0 Å². The summed E-state index contributed by atoms with van der Waals surface area (Å²) in [6.45, 7) is 4.47. The first-order chi connectivity index (χ1) is 14.1. The number of imide groups is 1. The van der Waals surface area contributed by atoms with Crippen molar-refractivity contribution in [3.05, 3.63) is 18.5 Å². The molecule has 0 radical (unpaired) electrons. The van der Waals surface area contributed by atoms with Crippen molar-refractivity contribution in [2.45, 2.75) is 57.4 Å². The van der Waals surface area contributed by atoms with E-state index in [2.05, 4.69) is 19.8 Å². The molecule has 0 aromatic carbocycles. The molecule has 1 aliphatic carbocycles. The van der Waals surface area contributed by atoms with Gasteiger partial charge < -0.3 is 4.90 Å². The Morgan fingerprint density at radius 2 is 1.69 bits per heavy atom. The molecule has 3 saturated heterocycles. The smallest absolute Gasteiger partial charge is 0.229 e. The van der Waals surface area contributed by atoms with E-state index in [1.807, 2.05) is 6.07 Å². The van der Waals surface area contributed by atoms with Crippen LogP contribution in [0.1, 0.15) is 51.4 Å². The molecule has 0 bridgehead atoms. The minimum absolute atomic E-state index is 0.00182. The summed E-state index contributed by atoms with van der Waals surface area (Å²) in [5.74, 6) is 1.38. The molecule has 1 spiro atoms. The van der Waals surface area contributed by atoms with Gasteiger partial charge in [-0.2, -0.15) is 0 Å². The Morgan fingerprint density at radius 1 is 0.966 bits per heavy atom. The Kier molecular flexibility index (Phi) is 5.02. The second kappa shape index (κ2) is 7.67. The van der Waals surface area contributed by atoms with Gasteiger partial charge in [0.1, 0.15) is 0 Å². The molecule has 1 aromatic rings. The van der Waals surface area contributed by atoms with Crippen LogP contribution in [-0.2, 0) is 9.59 Å². The Labute approximate surface area is 172 Å². The SMILES string of the molecule is O=C1CC2(CCCC2)CC(=O)N1CC1CCC2CN(c3ncccn3)CCN2C1. The zero-order chi connectivity index (χ0) is 19.8. The molecular formula is C22H31N5O2. The van der Waals surface area contributed by atoms with Gasteiger partial charge in [0.05, 0.1) is 0 Å². The largest absolute Gasteiger partial charge is 0.338 e. The zero-order valence-corrected chi connectivity index (χ0v) is 17.1. The highest BCUT2D eigenvalue weighted by atomic mass is 16.2. The Balaban J connectivity index is 1.17. The molecule has 2 unspecified atom stereocenters. The summed E-state index contributed by atoms with van der Waals surface area (Å²) in [7, 11) is 0. The standard InChI is InChI=1S/C22H31N5O2/c28-19-12-22(6-1-2-7-22)13-20(29)27(19)15-17-4-5-18-16-26(11-10-25(18)14-17)21-23-8-3-9-24-21/h3,8-9,17-18H,1-2,4-7,10-16H2. The van der Waals surface area contributed by atoms with Gasteiger partial charge in [-0.05, 0) is 43.1 Å². The number of anilines is 1. The lowest BCUT2D eigenvalue weighted by atomic mass is 9.76. The summed E-state index contributed by atoms with van der Waals surface area (Å²) in [5, 5.41) is 0. The van der Waals surface area contributed by atoms with E-state index >= 15 is 0 Å². The lowest BCUT2D eigenvalue weighted by Crippen LogP contribution is -2.58. The summed E-state index contributed by atoms with van der Waals surface area (Å²) in [4.78, 5) is 40.8. The normalized spacial score (nSPS) is 30.1. The van der Waals surface area contributed by atoms with Crippen LogP contribution in [0.4, 0.5) is 5.95 Å². The van der Waals surface area contributed by atoms with Crippen LogP contribution in [0.25, 0.3) is 0 Å². The molecule has 7 heteroatoms. The van der Waals surface area contributed by atoms with Crippen LogP contribution < -0.4 is 4.90 Å². The molecule has 1 aromatic heterocycles. The Bertz CT molecular complexity index is 744. The van der Waals surface area contributed by atoms with Crippen LogP contribution in [0, 0.1) is 11.3 Å². The van der Waals surface area contributed by atoms with Crippen LogP contribution in [0.2, 0.25) is 0 Å². The van der Waals surface area contributed by atoms with Gasteiger partial charge in [0.2, 0.25) is 17.8 Å². The van der Waals surface area contributed by atoms with Crippen molar-refractivity contribution in [1.82, 2.24) is 19.8 Å². The highest BCUT2D eigenvalue weighted by molar-refractivity contribution is 5.98. The number of rotatable bonds is 3. The monoisotopic (exact) mass is 397 g/mol. The molecule has 4 fully saturated rings. The summed E-state index contributed by atoms with van der Waals surface area (Å²) in [5.41, 5.74) is -0.00182. The van der Waals surface area contributed by atoms with Gasteiger partial charge in [0.15, 0.2) is 0 Å². The fourth-order valence-corrected chi connectivity index (χ4v) is 6.02. The van der Waals surface area contributed by atoms with Gasteiger partial charge in [0, 0.05) is 64.0 Å². The minimum atomic E-state index is -0.00182. The number of amides is 2. The first-order valence-corrected chi connectivity index (χ1v) is 11.2. The molecule has 3 aliphatic heterocycles. The molecule has 2 atom stereocenters. The molecule has 1 saturated carbocycles. The number of hydrogen-bond donors (Lipinski definition) is 0. The molecule has 5 rings (SSSR count). The molecule has 156 valence electrons.